The molecule has 0 radical (unpaired) electrons. The van der Waals surface area contributed by atoms with Crippen LogP contribution in [0.4, 0.5) is 15.6 Å². The van der Waals surface area contributed by atoms with Crippen molar-refractivity contribution in [3.63, 3.8) is 0 Å². The van der Waals surface area contributed by atoms with E-state index in [0.717, 1.165) is 11.5 Å². The van der Waals surface area contributed by atoms with Crippen molar-refractivity contribution in [3.05, 3.63) is 30.3 Å². The van der Waals surface area contributed by atoms with Crippen LogP contribution < -0.4 is 4.90 Å². The lowest BCUT2D eigenvalue weighted by molar-refractivity contribution is 0.162. The molecule has 0 aliphatic carbocycles. The van der Waals surface area contributed by atoms with Gasteiger partial charge in [0.1, 0.15) is 0 Å². The summed E-state index contributed by atoms with van der Waals surface area (Å²) in [4.78, 5) is 13.2. The average Bonchev–Trinajstić information content (AvgIpc) is 2.85. The van der Waals surface area contributed by atoms with Crippen LogP contribution in [0, 0.1) is 0 Å². The Morgan fingerprint density at radius 1 is 1.41 bits per heavy atom. The zero-order valence-corrected chi connectivity index (χ0v) is 9.92. The standard InChI is InChI=1S/C10H10N4O2S/c1-2-16-10(15)14(9-11-12-13-17-9)8-6-4-3-5-7-8/h3-7H,2H2,1H3. The number of nitrogens with zero attached hydrogens (tertiary/aromatic N) is 4. The molecule has 2 aromatic rings. The summed E-state index contributed by atoms with van der Waals surface area (Å²) in [7, 11) is 0. The topological polar surface area (TPSA) is 68.2 Å². The maximum Gasteiger partial charge on any atom is 0.420 e. The van der Waals surface area contributed by atoms with E-state index in [0.29, 0.717) is 17.4 Å². The summed E-state index contributed by atoms with van der Waals surface area (Å²) in [5, 5.41) is 7.64. The highest BCUT2D eigenvalue weighted by atomic mass is 32.1. The summed E-state index contributed by atoms with van der Waals surface area (Å²) < 4.78 is 8.62. The molecule has 1 aromatic heterocycles. The fourth-order valence-electron chi connectivity index (χ4n) is 1.27. The van der Waals surface area contributed by atoms with E-state index in [1.54, 1.807) is 19.1 Å². The largest absolute Gasteiger partial charge is 0.449 e. The summed E-state index contributed by atoms with van der Waals surface area (Å²) in [6, 6.07) is 9.11. The van der Waals surface area contributed by atoms with E-state index >= 15 is 0 Å². The Balaban J connectivity index is 2.35. The molecular formula is C10H10N4O2S. The molecule has 1 heterocycles. The van der Waals surface area contributed by atoms with Crippen LogP contribution in [0.2, 0.25) is 0 Å². The zero-order chi connectivity index (χ0) is 12.1. The Hall–Kier alpha value is -2.02. The molecule has 0 fully saturated rings. The normalized spacial score (nSPS) is 9.94. The predicted octanol–water partition coefficient (Wildman–Crippen LogP) is 2.23. The Morgan fingerprint density at radius 2 is 2.18 bits per heavy atom. The molecule has 17 heavy (non-hydrogen) atoms. The highest BCUT2D eigenvalue weighted by Gasteiger charge is 2.22. The van der Waals surface area contributed by atoms with Crippen molar-refractivity contribution in [1.29, 1.82) is 0 Å². The molecule has 6 nitrogen and oxygen atoms in total. The fourth-order valence-corrected chi connectivity index (χ4v) is 1.75. The maximum atomic E-state index is 11.9. The van der Waals surface area contributed by atoms with E-state index < -0.39 is 6.09 Å². The van der Waals surface area contributed by atoms with Gasteiger partial charge in [-0.15, -0.1) is 0 Å². The van der Waals surface area contributed by atoms with Crippen molar-refractivity contribution in [3.8, 4) is 0 Å². The lowest BCUT2D eigenvalue weighted by Gasteiger charge is -2.17. The number of hydrogen-bond donors (Lipinski definition) is 0. The number of carbonyl (C=O) groups excluding carboxylic acids is 1. The highest BCUT2D eigenvalue weighted by Crippen LogP contribution is 2.25. The summed E-state index contributed by atoms with van der Waals surface area (Å²) >= 11 is 1.03. The zero-order valence-electron chi connectivity index (χ0n) is 9.11. The number of carbonyl (C=O) groups is 1. The first-order valence-electron chi connectivity index (χ1n) is 5.00. The van der Waals surface area contributed by atoms with E-state index in [1.807, 2.05) is 18.2 Å². The Labute approximate surface area is 102 Å². The highest BCUT2D eigenvalue weighted by molar-refractivity contribution is 7.09. The van der Waals surface area contributed by atoms with Gasteiger partial charge in [0.15, 0.2) is 0 Å². The lowest BCUT2D eigenvalue weighted by atomic mass is 10.3. The van der Waals surface area contributed by atoms with Gasteiger partial charge in [0.2, 0.25) is 5.13 Å². The summed E-state index contributed by atoms with van der Waals surface area (Å²) in [5.74, 6) is 0. The number of hydrogen-bond acceptors (Lipinski definition) is 6. The maximum absolute atomic E-state index is 11.9. The van der Waals surface area contributed by atoms with Gasteiger partial charge in [0.05, 0.1) is 12.3 Å². The Bertz CT molecular complexity index is 474. The third kappa shape index (κ3) is 2.56. The monoisotopic (exact) mass is 250 g/mol. The SMILES string of the molecule is CCOC(=O)N(c1ccccc1)c1nnns1. The average molecular weight is 250 g/mol. The molecule has 88 valence electrons. The molecule has 1 aromatic carbocycles. The van der Waals surface area contributed by atoms with Crippen LogP contribution in [0.3, 0.4) is 0 Å². The van der Waals surface area contributed by atoms with Crippen LogP contribution in [0.1, 0.15) is 6.92 Å². The molecule has 0 N–H and O–H groups in total. The minimum Gasteiger partial charge on any atom is -0.449 e. The van der Waals surface area contributed by atoms with Gasteiger partial charge in [-0.05, 0) is 24.3 Å². The van der Waals surface area contributed by atoms with E-state index in [-0.39, 0.29) is 0 Å². The molecule has 0 unspecified atom stereocenters. The van der Waals surface area contributed by atoms with E-state index in [2.05, 4.69) is 14.8 Å². The van der Waals surface area contributed by atoms with E-state index in [4.69, 9.17) is 4.74 Å². The first kappa shape index (κ1) is 11.5. The molecule has 0 saturated carbocycles. The second-order valence-corrected chi connectivity index (χ2v) is 3.73. The molecule has 7 heteroatoms. The van der Waals surface area contributed by atoms with Gasteiger partial charge in [0, 0.05) is 11.5 Å². The van der Waals surface area contributed by atoms with Crippen LogP contribution >= 0.6 is 11.5 Å². The minimum atomic E-state index is -0.489. The summed E-state index contributed by atoms with van der Waals surface area (Å²) in [6.45, 7) is 2.05. The number of ether oxygens (including phenoxy) is 1. The van der Waals surface area contributed by atoms with Crippen molar-refractivity contribution in [2.75, 3.05) is 11.5 Å². The fraction of sp³-hybridized carbons (Fsp3) is 0.200. The van der Waals surface area contributed by atoms with E-state index in [9.17, 15) is 4.79 Å². The predicted molar refractivity (Wildman–Crippen MR) is 63.3 cm³/mol. The van der Waals surface area contributed by atoms with Crippen LogP contribution in [-0.4, -0.2) is 27.5 Å². The smallest absolute Gasteiger partial charge is 0.420 e. The Kier molecular flexibility index (Phi) is 3.61. The van der Waals surface area contributed by atoms with Gasteiger partial charge >= 0.3 is 6.09 Å². The van der Waals surface area contributed by atoms with Crippen molar-refractivity contribution in [2.24, 2.45) is 0 Å². The van der Waals surface area contributed by atoms with Gasteiger partial charge in [0.25, 0.3) is 0 Å². The second kappa shape index (κ2) is 5.35. The van der Waals surface area contributed by atoms with Crippen molar-refractivity contribution in [1.82, 2.24) is 14.8 Å². The summed E-state index contributed by atoms with van der Waals surface area (Å²) in [5.41, 5.74) is 0.671. The molecule has 0 aliphatic rings. The van der Waals surface area contributed by atoms with Crippen LogP contribution in [0.15, 0.2) is 30.3 Å². The third-order valence-electron chi connectivity index (χ3n) is 1.95. The second-order valence-electron chi connectivity index (χ2n) is 3.01. The molecule has 0 bridgehead atoms. The number of amides is 1. The Morgan fingerprint density at radius 3 is 2.76 bits per heavy atom. The molecule has 0 atom stereocenters. The van der Waals surface area contributed by atoms with Gasteiger partial charge in [-0.2, -0.15) is 0 Å². The summed E-state index contributed by atoms with van der Waals surface area (Å²) in [6.07, 6.45) is -0.489. The molecule has 1 amide bonds. The molecule has 2 rings (SSSR count). The van der Waals surface area contributed by atoms with Crippen LogP contribution in [0.5, 0.6) is 0 Å². The minimum absolute atomic E-state index is 0.300. The number of para-hydroxylation sites is 1. The molecule has 0 spiro atoms. The number of aromatic nitrogens is 3. The third-order valence-corrected chi connectivity index (χ3v) is 2.53. The van der Waals surface area contributed by atoms with Gasteiger partial charge in [-0.1, -0.05) is 27.8 Å². The molecular weight excluding hydrogens is 240 g/mol. The molecule has 0 aliphatic heterocycles. The first-order chi connectivity index (χ1) is 8.33. The quantitative estimate of drug-likeness (QED) is 0.835. The number of anilines is 2. The van der Waals surface area contributed by atoms with Gasteiger partial charge < -0.3 is 4.74 Å². The first-order valence-corrected chi connectivity index (χ1v) is 5.77. The number of benzene rings is 1. The van der Waals surface area contributed by atoms with Crippen molar-refractivity contribution >= 4 is 28.4 Å². The van der Waals surface area contributed by atoms with E-state index in [1.165, 1.54) is 4.90 Å². The lowest BCUT2D eigenvalue weighted by Crippen LogP contribution is -2.26. The van der Waals surface area contributed by atoms with Crippen molar-refractivity contribution in [2.45, 2.75) is 6.92 Å². The van der Waals surface area contributed by atoms with Gasteiger partial charge in [-0.25, -0.2) is 9.69 Å². The number of rotatable bonds is 3. The van der Waals surface area contributed by atoms with Crippen LogP contribution in [0.25, 0.3) is 0 Å². The molecule has 0 saturated heterocycles. The van der Waals surface area contributed by atoms with Gasteiger partial charge in [-0.3, -0.25) is 0 Å². The van der Waals surface area contributed by atoms with Crippen molar-refractivity contribution < 1.29 is 9.53 Å². The van der Waals surface area contributed by atoms with Crippen LogP contribution in [-0.2, 0) is 4.74 Å².